The molecule has 0 atom stereocenters. The summed E-state index contributed by atoms with van der Waals surface area (Å²) >= 11 is 0. The van der Waals surface area contributed by atoms with Gasteiger partial charge in [0.1, 0.15) is 11.6 Å². The molecule has 0 saturated carbocycles. The lowest BCUT2D eigenvalue weighted by Crippen LogP contribution is -1.90. The summed E-state index contributed by atoms with van der Waals surface area (Å²) in [6.07, 6.45) is 1.47. The summed E-state index contributed by atoms with van der Waals surface area (Å²) in [5.41, 5.74) is 1.79. The number of benzene rings is 2. The third kappa shape index (κ3) is 1.57. The summed E-state index contributed by atoms with van der Waals surface area (Å²) in [5.74, 6) is -1.19. The van der Waals surface area contributed by atoms with Gasteiger partial charge >= 0.3 is 0 Å². The van der Waals surface area contributed by atoms with Crippen LogP contribution in [0.25, 0.3) is 22.1 Å². The zero-order chi connectivity index (χ0) is 12.7. The molecular formula is C14H9F2NO. The van der Waals surface area contributed by atoms with Crippen molar-refractivity contribution in [1.82, 2.24) is 5.16 Å². The number of rotatable bonds is 1. The van der Waals surface area contributed by atoms with Crippen LogP contribution >= 0.6 is 0 Å². The van der Waals surface area contributed by atoms with Gasteiger partial charge in [0.05, 0.1) is 11.8 Å². The van der Waals surface area contributed by atoms with E-state index in [9.17, 15) is 8.78 Å². The lowest BCUT2D eigenvalue weighted by atomic mass is 9.99. The molecule has 3 rings (SSSR count). The molecule has 0 aliphatic rings. The highest BCUT2D eigenvalue weighted by molar-refractivity contribution is 5.94. The molecule has 0 N–H and O–H groups in total. The van der Waals surface area contributed by atoms with Crippen molar-refractivity contribution < 1.29 is 13.3 Å². The molecular weight excluding hydrogens is 236 g/mol. The van der Waals surface area contributed by atoms with E-state index in [1.54, 1.807) is 12.1 Å². The Bertz CT molecular complexity index is 713. The summed E-state index contributed by atoms with van der Waals surface area (Å²) in [7, 11) is 0. The first kappa shape index (κ1) is 10.9. The average molecular weight is 245 g/mol. The van der Waals surface area contributed by atoms with E-state index in [2.05, 4.69) is 5.16 Å². The summed E-state index contributed by atoms with van der Waals surface area (Å²) < 4.78 is 32.7. The normalized spacial score (nSPS) is 11.1. The van der Waals surface area contributed by atoms with Crippen LogP contribution in [0.4, 0.5) is 8.78 Å². The van der Waals surface area contributed by atoms with Crippen LogP contribution < -0.4 is 0 Å². The van der Waals surface area contributed by atoms with Gasteiger partial charge in [-0.05, 0) is 30.7 Å². The molecule has 0 fully saturated rings. The first-order chi connectivity index (χ1) is 8.66. The van der Waals surface area contributed by atoms with Crippen LogP contribution in [0.3, 0.4) is 0 Å². The van der Waals surface area contributed by atoms with Crippen LogP contribution in [0.5, 0.6) is 0 Å². The third-order valence-corrected chi connectivity index (χ3v) is 2.85. The van der Waals surface area contributed by atoms with Crippen molar-refractivity contribution in [3.63, 3.8) is 0 Å². The van der Waals surface area contributed by atoms with Gasteiger partial charge in [-0.15, -0.1) is 0 Å². The Morgan fingerprint density at radius 3 is 2.56 bits per heavy atom. The first-order valence-electron chi connectivity index (χ1n) is 5.46. The molecule has 0 radical (unpaired) electrons. The molecule has 4 heteroatoms. The molecule has 0 spiro atoms. The van der Waals surface area contributed by atoms with Gasteiger partial charge in [-0.1, -0.05) is 17.3 Å². The second-order valence-electron chi connectivity index (χ2n) is 4.15. The number of nitrogens with zero attached hydrogens (tertiary/aromatic N) is 1. The summed E-state index contributed by atoms with van der Waals surface area (Å²) in [5, 5.41) is 4.27. The molecule has 0 unspecified atom stereocenters. The van der Waals surface area contributed by atoms with Crippen molar-refractivity contribution in [2.75, 3.05) is 0 Å². The van der Waals surface area contributed by atoms with E-state index in [1.807, 2.05) is 6.92 Å². The molecule has 0 amide bonds. The Labute approximate surface area is 102 Å². The molecule has 0 bridgehead atoms. The lowest BCUT2D eigenvalue weighted by molar-refractivity contribution is 0.456. The smallest absolute Gasteiger partial charge is 0.167 e. The molecule has 3 aromatic rings. The Morgan fingerprint density at radius 1 is 1.11 bits per heavy atom. The van der Waals surface area contributed by atoms with Gasteiger partial charge in [0, 0.05) is 10.9 Å². The predicted octanol–water partition coefficient (Wildman–Crippen LogP) is 4.08. The van der Waals surface area contributed by atoms with Gasteiger partial charge in [-0.2, -0.15) is 0 Å². The van der Waals surface area contributed by atoms with Crippen LogP contribution in [0.1, 0.15) is 5.56 Å². The predicted molar refractivity (Wildman–Crippen MR) is 64.1 cm³/mol. The SMILES string of the molecule is Cc1cc(-c2c(F)cccc2F)c2cnoc2c1. The molecule has 90 valence electrons. The second kappa shape index (κ2) is 3.91. The number of aryl methyl sites for hydroxylation is 1. The van der Waals surface area contributed by atoms with Crippen molar-refractivity contribution in [2.45, 2.75) is 6.92 Å². The topological polar surface area (TPSA) is 26.0 Å². The summed E-state index contributed by atoms with van der Waals surface area (Å²) in [6, 6.07) is 7.32. The van der Waals surface area contributed by atoms with Gasteiger partial charge in [0.25, 0.3) is 0 Å². The Morgan fingerprint density at radius 2 is 1.83 bits per heavy atom. The maximum atomic E-state index is 13.8. The molecule has 1 aromatic heterocycles. The summed E-state index contributed by atoms with van der Waals surface area (Å²) in [6.45, 7) is 1.84. The van der Waals surface area contributed by atoms with Crippen LogP contribution in [-0.2, 0) is 0 Å². The van der Waals surface area contributed by atoms with Crippen molar-refractivity contribution in [2.24, 2.45) is 0 Å². The maximum absolute atomic E-state index is 13.8. The maximum Gasteiger partial charge on any atom is 0.167 e. The fraction of sp³-hybridized carbons (Fsp3) is 0.0714. The third-order valence-electron chi connectivity index (χ3n) is 2.85. The minimum atomic E-state index is -0.594. The van der Waals surface area contributed by atoms with Gasteiger partial charge in [0.15, 0.2) is 5.58 Å². The Hall–Kier alpha value is -2.23. The highest BCUT2D eigenvalue weighted by Gasteiger charge is 2.15. The molecule has 18 heavy (non-hydrogen) atoms. The number of hydrogen-bond acceptors (Lipinski definition) is 2. The molecule has 1 heterocycles. The van der Waals surface area contributed by atoms with Crippen molar-refractivity contribution in [3.8, 4) is 11.1 Å². The minimum absolute atomic E-state index is 0.0469. The highest BCUT2D eigenvalue weighted by atomic mass is 19.1. The number of hydrogen-bond donors (Lipinski definition) is 0. The van der Waals surface area contributed by atoms with E-state index in [0.29, 0.717) is 16.5 Å². The van der Waals surface area contributed by atoms with Crippen LogP contribution in [0.2, 0.25) is 0 Å². The van der Waals surface area contributed by atoms with Gasteiger partial charge in [-0.25, -0.2) is 8.78 Å². The highest BCUT2D eigenvalue weighted by Crippen LogP contribution is 2.33. The van der Waals surface area contributed by atoms with Gasteiger partial charge in [-0.3, -0.25) is 0 Å². The fourth-order valence-corrected chi connectivity index (χ4v) is 2.07. The fourth-order valence-electron chi connectivity index (χ4n) is 2.07. The summed E-state index contributed by atoms with van der Waals surface area (Å²) in [4.78, 5) is 0. The average Bonchev–Trinajstić information content (AvgIpc) is 2.76. The van der Waals surface area contributed by atoms with Gasteiger partial charge in [0.2, 0.25) is 0 Å². The first-order valence-corrected chi connectivity index (χ1v) is 5.46. The van der Waals surface area contributed by atoms with Gasteiger partial charge < -0.3 is 4.52 Å². The Kier molecular flexibility index (Phi) is 2.37. The molecule has 2 aromatic carbocycles. The van der Waals surface area contributed by atoms with Crippen molar-refractivity contribution in [1.29, 1.82) is 0 Å². The van der Waals surface area contributed by atoms with E-state index < -0.39 is 11.6 Å². The van der Waals surface area contributed by atoms with E-state index in [-0.39, 0.29) is 5.56 Å². The monoisotopic (exact) mass is 245 g/mol. The second-order valence-corrected chi connectivity index (χ2v) is 4.15. The van der Waals surface area contributed by atoms with E-state index in [0.717, 1.165) is 5.56 Å². The Balaban J connectivity index is 2.41. The molecule has 0 saturated heterocycles. The molecule has 0 aliphatic carbocycles. The minimum Gasteiger partial charge on any atom is -0.356 e. The van der Waals surface area contributed by atoms with Crippen LogP contribution in [0, 0.1) is 18.6 Å². The quantitative estimate of drug-likeness (QED) is 0.645. The molecule has 0 aliphatic heterocycles. The van der Waals surface area contributed by atoms with E-state index >= 15 is 0 Å². The van der Waals surface area contributed by atoms with Crippen molar-refractivity contribution in [3.05, 3.63) is 53.7 Å². The number of halogens is 2. The van der Waals surface area contributed by atoms with E-state index in [4.69, 9.17) is 4.52 Å². The van der Waals surface area contributed by atoms with Crippen molar-refractivity contribution >= 4 is 11.0 Å². The number of fused-ring (bicyclic) bond motifs is 1. The van der Waals surface area contributed by atoms with Crippen LogP contribution in [-0.4, -0.2) is 5.16 Å². The molecule has 2 nitrogen and oxygen atoms in total. The zero-order valence-corrected chi connectivity index (χ0v) is 9.58. The van der Waals surface area contributed by atoms with Crippen LogP contribution in [0.15, 0.2) is 41.1 Å². The van der Waals surface area contributed by atoms with E-state index in [1.165, 1.54) is 24.4 Å². The number of aromatic nitrogens is 1. The lowest BCUT2D eigenvalue weighted by Gasteiger charge is -2.07. The standard InChI is InChI=1S/C14H9F2NO/c1-8-5-9(10-7-17-18-13(10)6-8)14-11(15)3-2-4-12(14)16/h2-7H,1H3. The zero-order valence-electron chi connectivity index (χ0n) is 9.58. The largest absolute Gasteiger partial charge is 0.356 e.